The van der Waals surface area contributed by atoms with Crippen molar-refractivity contribution in [3.8, 4) is 0 Å². The monoisotopic (exact) mass is 363 g/mol. The van der Waals surface area contributed by atoms with Crippen LogP contribution in [0, 0.1) is 6.92 Å². The average Bonchev–Trinajstić information content (AvgIpc) is 2.79. The van der Waals surface area contributed by atoms with Crippen LogP contribution in [-0.4, -0.2) is 35.0 Å². The van der Waals surface area contributed by atoms with E-state index in [4.69, 9.17) is 4.42 Å². The van der Waals surface area contributed by atoms with E-state index < -0.39 is 0 Å². The third-order valence-corrected chi connectivity index (χ3v) is 4.34. The Balaban J connectivity index is 0.00000121. The Morgan fingerprint density at radius 2 is 2.32 bits per heavy atom. The maximum atomic E-state index is 12.0. The molecule has 1 atom stereocenters. The molecule has 2 aromatic rings. The molecular weight excluding hydrogens is 345 g/mol. The van der Waals surface area contributed by atoms with E-state index in [1.54, 1.807) is 0 Å². The Labute approximate surface area is 145 Å². The Morgan fingerprint density at radius 1 is 1.50 bits per heavy atom. The van der Waals surface area contributed by atoms with Crippen molar-refractivity contribution in [2.45, 2.75) is 19.4 Å². The van der Waals surface area contributed by atoms with Gasteiger partial charge in [0.1, 0.15) is 5.52 Å². The van der Waals surface area contributed by atoms with Gasteiger partial charge in [0.25, 0.3) is 0 Å². The highest BCUT2D eigenvalue weighted by atomic mass is 35.5. The molecule has 0 saturated carbocycles. The number of benzene rings is 1. The van der Waals surface area contributed by atoms with Gasteiger partial charge in [0.2, 0.25) is 5.91 Å². The molecule has 1 aromatic carbocycles. The number of halogens is 2. The summed E-state index contributed by atoms with van der Waals surface area (Å²) in [5.74, 6) is 2.78. The molecule has 1 aliphatic rings. The van der Waals surface area contributed by atoms with Gasteiger partial charge < -0.3 is 15.1 Å². The van der Waals surface area contributed by atoms with Crippen LogP contribution >= 0.6 is 36.6 Å². The van der Waals surface area contributed by atoms with Crippen molar-refractivity contribution in [1.29, 1.82) is 0 Å². The molecule has 2 N–H and O–H groups in total. The summed E-state index contributed by atoms with van der Waals surface area (Å²) in [6.45, 7) is 2.79. The number of fused-ring (bicyclic) bond motifs is 1. The van der Waals surface area contributed by atoms with Crippen molar-refractivity contribution in [2.24, 2.45) is 0 Å². The van der Waals surface area contributed by atoms with E-state index in [2.05, 4.69) is 15.6 Å². The molecule has 22 heavy (non-hydrogen) atoms. The number of nitrogens with zero attached hydrogens (tertiary/aromatic N) is 1. The molecule has 1 aromatic heterocycles. The normalized spacial score (nSPS) is 17.4. The number of thioether (sulfide) groups is 1. The zero-order valence-corrected chi connectivity index (χ0v) is 14.6. The summed E-state index contributed by atoms with van der Waals surface area (Å²) >= 11 is 1.89. The fourth-order valence-corrected chi connectivity index (χ4v) is 3.26. The zero-order chi connectivity index (χ0) is 13.9. The minimum absolute atomic E-state index is 0. The summed E-state index contributed by atoms with van der Waals surface area (Å²) in [5.41, 5.74) is 2.27. The SMILES string of the molecule is Cc1nc2cc(NC(=O)CC3CSCCN3)ccc2o1.Cl.Cl. The number of hydrogen-bond acceptors (Lipinski definition) is 5. The van der Waals surface area contributed by atoms with Crippen molar-refractivity contribution < 1.29 is 9.21 Å². The van der Waals surface area contributed by atoms with Crippen molar-refractivity contribution in [3.63, 3.8) is 0 Å². The van der Waals surface area contributed by atoms with Crippen molar-refractivity contribution >= 4 is 59.3 Å². The summed E-state index contributed by atoms with van der Waals surface area (Å²) in [6.07, 6.45) is 0.503. The molecule has 1 amide bonds. The molecule has 0 spiro atoms. The fraction of sp³-hybridized carbons (Fsp3) is 0.429. The third-order valence-electron chi connectivity index (χ3n) is 3.21. The van der Waals surface area contributed by atoms with E-state index in [-0.39, 0.29) is 36.8 Å². The number of amides is 1. The topological polar surface area (TPSA) is 67.2 Å². The fourth-order valence-electron chi connectivity index (χ4n) is 2.31. The molecule has 0 radical (unpaired) electrons. The van der Waals surface area contributed by atoms with Gasteiger partial charge in [-0.3, -0.25) is 4.79 Å². The van der Waals surface area contributed by atoms with E-state index in [0.717, 1.165) is 34.8 Å². The molecule has 1 unspecified atom stereocenters. The van der Waals surface area contributed by atoms with Crippen LogP contribution in [0.5, 0.6) is 0 Å². The van der Waals surface area contributed by atoms with Crippen LogP contribution in [0.2, 0.25) is 0 Å². The van der Waals surface area contributed by atoms with Gasteiger partial charge in [-0.2, -0.15) is 11.8 Å². The summed E-state index contributed by atoms with van der Waals surface area (Å²) in [4.78, 5) is 16.3. The molecule has 5 nitrogen and oxygen atoms in total. The number of carbonyl (C=O) groups excluding carboxylic acids is 1. The van der Waals surface area contributed by atoms with E-state index in [9.17, 15) is 4.79 Å². The number of carbonyl (C=O) groups is 1. The molecule has 8 heteroatoms. The summed E-state index contributed by atoms with van der Waals surface area (Å²) in [7, 11) is 0. The largest absolute Gasteiger partial charge is 0.441 e. The van der Waals surface area contributed by atoms with Crippen molar-refractivity contribution in [1.82, 2.24) is 10.3 Å². The predicted molar refractivity (Wildman–Crippen MR) is 95.6 cm³/mol. The Morgan fingerprint density at radius 3 is 3.05 bits per heavy atom. The van der Waals surface area contributed by atoms with Crippen molar-refractivity contribution in [2.75, 3.05) is 23.4 Å². The third kappa shape index (κ3) is 4.78. The number of aryl methyl sites for hydroxylation is 1. The number of oxazole rings is 1. The van der Waals surface area contributed by atoms with Crippen LogP contribution in [0.4, 0.5) is 5.69 Å². The first kappa shape index (κ1) is 19.1. The predicted octanol–water partition coefficient (Wildman–Crippen LogP) is 3.01. The number of aromatic nitrogens is 1. The molecule has 2 heterocycles. The van der Waals surface area contributed by atoms with E-state index >= 15 is 0 Å². The van der Waals surface area contributed by atoms with Gasteiger partial charge in [0, 0.05) is 43.1 Å². The molecule has 122 valence electrons. The second-order valence-electron chi connectivity index (χ2n) is 4.89. The highest BCUT2D eigenvalue weighted by molar-refractivity contribution is 7.99. The van der Waals surface area contributed by atoms with E-state index in [0.29, 0.717) is 12.3 Å². The first-order valence-electron chi connectivity index (χ1n) is 6.69. The Bertz CT molecular complexity index is 630. The van der Waals surface area contributed by atoms with E-state index in [1.165, 1.54) is 0 Å². The number of hydrogen-bond donors (Lipinski definition) is 2. The standard InChI is InChI=1S/C14H17N3O2S.2ClH/c1-9-16-12-6-10(2-3-13(12)19-9)17-14(18)7-11-8-20-5-4-15-11;;/h2-3,6,11,15H,4-5,7-8H2,1H3,(H,17,18);2*1H. The lowest BCUT2D eigenvalue weighted by atomic mass is 10.2. The van der Waals surface area contributed by atoms with Crippen LogP contribution in [0.15, 0.2) is 22.6 Å². The molecule has 0 aliphatic carbocycles. The minimum atomic E-state index is 0. The van der Waals surface area contributed by atoms with Gasteiger partial charge in [0.15, 0.2) is 11.5 Å². The first-order valence-corrected chi connectivity index (χ1v) is 7.84. The van der Waals surface area contributed by atoms with Gasteiger partial charge in [-0.25, -0.2) is 4.98 Å². The highest BCUT2D eigenvalue weighted by Gasteiger charge is 2.16. The average molecular weight is 364 g/mol. The molecule has 1 saturated heterocycles. The maximum absolute atomic E-state index is 12.0. The lowest BCUT2D eigenvalue weighted by molar-refractivity contribution is -0.116. The van der Waals surface area contributed by atoms with E-state index in [1.807, 2.05) is 36.9 Å². The Kier molecular flexibility index (Phi) is 7.48. The lowest BCUT2D eigenvalue weighted by Crippen LogP contribution is -2.39. The summed E-state index contributed by atoms with van der Waals surface area (Å²) < 4.78 is 5.41. The minimum Gasteiger partial charge on any atom is -0.441 e. The molecule has 0 bridgehead atoms. The quantitative estimate of drug-likeness (QED) is 0.877. The highest BCUT2D eigenvalue weighted by Crippen LogP contribution is 2.20. The molecule has 3 rings (SSSR count). The smallest absolute Gasteiger partial charge is 0.225 e. The second-order valence-corrected chi connectivity index (χ2v) is 6.04. The van der Waals surface area contributed by atoms with Crippen LogP contribution in [-0.2, 0) is 4.79 Å². The molecular formula is C14H19Cl2N3O2S. The Hall–Kier alpha value is -0.950. The van der Waals surface area contributed by atoms with Crippen LogP contribution in [0.3, 0.4) is 0 Å². The van der Waals surface area contributed by atoms with Gasteiger partial charge in [0.05, 0.1) is 0 Å². The van der Waals surface area contributed by atoms with Crippen LogP contribution in [0.1, 0.15) is 12.3 Å². The lowest BCUT2D eigenvalue weighted by Gasteiger charge is -2.22. The number of rotatable bonds is 3. The summed E-state index contributed by atoms with van der Waals surface area (Å²) in [6, 6.07) is 5.78. The van der Waals surface area contributed by atoms with Crippen LogP contribution in [0.25, 0.3) is 11.1 Å². The van der Waals surface area contributed by atoms with Gasteiger partial charge in [-0.1, -0.05) is 0 Å². The van der Waals surface area contributed by atoms with Gasteiger partial charge >= 0.3 is 0 Å². The molecule has 1 fully saturated rings. The second kappa shape index (κ2) is 8.62. The summed E-state index contributed by atoms with van der Waals surface area (Å²) in [5, 5.41) is 6.28. The van der Waals surface area contributed by atoms with Gasteiger partial charge in [-0.05, 0) is 18.2 Å². The zero-order valence-electron chi connectivity index (χ0n) is 12.1. The maximum Gasteiger partial charge on any atom is 0.225 e. The van der Waals surface area contributed by atoms with Gasteiger partial charge in [-0.15, -0.1) is 24.8 Å². The number of anilines is 1. The first-order chi connectivity index (χ1) is 9.70. The van der Waals surface area contributed by atoms with Crippen LogP contribution < -0.4 is 10.6 Å². The van der Waals surface area contributed by atoms with Crippen molar-refractivity contribution in [3.05, 3.63) is 24.1 Å². The molecule has 1 aliphatic heterocycles. The number of nitrogens with one attached hydrogen (secondary N) is 2.